The summed E-state index contributed by atoms with van der Waals surface area (Å²) in [6, 6.07) is 0. The number of aromatic nitrogens is 3. The molecule has 5 saturated heterocycles. The standard InChI is InChI=1S/C32H56N8.C3HCl2N3O3.3Na.3H/c1-2-10-18-17(9-1)25-33-26(18)38-28-21-13-5-6-14-22(21)30(35-28)40-32-24-16-8-7-15-23(24)31(36-32)39-29-20-12-4-3-11-19(20)27(34-29)37-25;4-7-1(9)6-2(10)8(5)3(7)11;;;;;;/h17-40H,1-16H2;(H,6,9,10);;;;;;/q;;3*+1;3*-1. The summed E-state index contributed by atoms with van der Waals surface area (Å²) >= 11 is 10.1. The molecule has 0 radical (unpaired) electrons. The smallest absolute Gasteiger partial charge is 1.00 e. The molecular formula is C35H60Cl2N11Na3O3. The van der Waals surface area contributed by atoms with E-state index in [0.717, 1.165) is 47.3 Å². The van der Waals surface area contributed by atoms with Crippen molar-refractivity contribution < 1.29 is 93.0 Å². The summed E-state index contributed by atoms with van der Waals surface area (Å²) < 4.78 is 0.322. The SMILES string of the molecule is C1CCC2C3NC(NC4NC(NC5NC(NC6NC(N3)C3CCCCC63)C3CCCCC53)C3CCCCC43)C2C1.O=c1[nH]c(=O)n(Cl)c(=O)n1Cl.[H-].[H-].[H-].[Na+].[Na+].[Na+]. The van der Waals surface area contributed by atoms with Crippen LogP contribution in [0.2, 0.25) is 0 Å². The number of nitrogens with zero attached hydrogens (tertiary/aromatic N) is 2. The van der Waals surface area contributed by atoms with Gasteiger partial charge in [-0.3, -0.25) is 47.5 Å². The minimum atomic E-state index is -1.10. The summed E-state index contributed by atoms with van der Waals surface area (Å²) in [5.74, 6) is 5.97. The van der Waals surface area contributed by atoms with Gasteiger partial charge >= 0.3 is 106 Å². The fourth-order valence-electron chi connectivity index (χ4n) is 12.4. The monoisotopic (exact) mass is 821 g/mol. The maximum atomic E-state index is 10.7. The second-order valence-corrected chi connectivity index (χ2v) is 17.9. The molecular weight excluding hydrogens is 762 g/mol. The second-order valence-electron chi connectivity index (χ2n) is 17.2. The van der Waals surface area contributed by atoms with Crippen LogP contribution >= 0.6 is 23.6 Å². The number of rotatable bonds is 0. The number of nitrogens with one attached hydrogen (secondary N) is 9. The molecule has 19 heteroatoms. The van der Waals surface area contributed by atoms with E-state index in [2.05, 4.69) is 42.5 Å². The zero-order valence-electron chi connectivity index (χ0n) is 35.4. The van der Waals surface area contributed by atoms with E-state index in [-0.39, 0.29) is 101 Å². The average molecular weight is 823 g/mol. The molecule has 290 valence electrons. The van der Waals surface area contributed by atoms with Gasteiger partial charge in [-0.25, -0.2) is 14.4 Å². The summed E-state index contributed by atoms with van der Waals surface area (Å²) in [7, 11) is 0. The van der Waals surface area contributed by atoms with Crippen molar-refractivity contribution >= 4 is 23.6 Å². The second kappa shape index (κ2) is 19.6. The molecule has 8 bridgehead atoms. The molecule has 5 aliphatic heterocycles. The topological polar surface area (TPSA) is 173 Å². The van der Waals surface area contributed by atoms with E-state index in [1.165, 1.54) is 103 Å². The molecule has 54 heavy (non-hydrogen) atoms. The van der Waals surface area contributed by atoms with Crippen LogP contribution < -0.4 is 148 Å². The Bertz CT molecular complexity index is 1380. The summed E-state index contributed by atoms with van der Waals surface area (Å²) in [6.45, 7) is 0. The number of fused-ring (bicyclic) bond motifs is 20. The first-order valence-electron chi connectivity index (χ1n) is 20.2. The first-order valence-corrected chi connectivity index (χ1v) is 20.9. The molecule has 8 atom stereocenters. The molecule has 9 N–H and O–H groups in total. The Labute approximate surface area is 399 Å². The third-order valence-electron chi connectivity index (χ3n) is 14.7. The zero-order valence-corrected chi connectivity index (χ0v) is 39.9. The minimum Gasteiger partial charge on any atom is -1.00 e. The van der Waals surface area contributed by atoms with E-state index in [0.29, 0.717) is 49.3 Å². The van der Waals surface area contributed by atoms with Gasteiger partial charge in [0.05, 0.1) is 49.3 Å². The predicted octanol–water partition coefficient (Wildman–Crippen LogP) is -7.34. The first kappa shape index (κ1) is 45.2. The third kappa shape index (κ3) is 8.85. The Kier molecular flexibility index (Phi) is 16.4. The van der Waals surface area contributed by atoms with E-state index >= 15 is 0 Å². The molecule has 4 saturated carbocycles. The van der Waals surface area contributed by atoms with Gasteiger partial charge in [-0.1, -0.05) is 51.4 Å². The Morgan fingerprint density at radius 1 is 0.370 bits per heavy atom. The summed E-state index contributed by atoms with van der Waals surface area (Å²) in [5, 5.41) is 33.8. The molecule has 0 spiro atoms. The fourth-order valence-corrected chi connectivity index (χ4v) is 12.7. The van der Waals surface area contributed by atoms with Crippen molar-refractivity contribution in [3.8, 4) is 0 Å². The van der Waals surface area contributed by atoms with Gasteiger partial charge in [0.25, 0.3) is 0 Å². The Hall–Kier alpha value is 1.67. The predicted molar refractivity (Wildman–Crippen MR) is 199 cm³/mol. The molecule has 14 nitrogen and oxygen atoms in total. The van der Waals surface area contributed by atoms with Gasteiger partial charge in [0.2, 0.25) is 0 Å². The van der Waals surface area contributed by atoms with Crippen LogP contribution in [0.25, 0.3) is 0 Å². The quantitative estimate of drug-likeness (QED) is 0.114. The number of H-pyrrole nitrogens is 1. The van der Waals surface area contributed by atoms with Gasteiger partial charge in [0, 0.05) is 23.6 Å². The van der Waals surface area contributed by atoms with Crippen LogP contribution in [-0.2, 0) is 0 Å². The summed E-state index contributed by atoms with van der Waals surface area (Å²) in [5.41, 5.74) is -3.13. The number of halogens is 2. The number of aromatic amines is 1. The van der Waals surface area contributed by atoms with Crippen LogP contribution in [0.1, 0.15) is 107 Å². The molecule has 9 fully saturated rings. The largest absolute Gasteiger partial charge is 1.00 e. The summed E-state index contributed by atoms with van der Waals surface area (Å²) in [6.07, 6.45) is 25.6. The number of hydrogen-bond acceptors (Lipinski definition) is 11. The van der Waals surface area contributed by atoms with Crippen LogP contribution in [0.15, 0.2) is 14.4 Å². The molecule has 1 aromatic heterocycles. The van der Waals surface area contributed by atoms with E-state index in [4.69, 9.17) is 23.6 Å². The maximum Gasteiger partial charge on any atom is 1.00 e. The van der Waals surface area contributed by atoms with Gasteiger partial charge in [0.15, 0.2) is 0 Å². The van der Waals surface area contributed by atoms with Crippen molar-refractivity contribution in [2.75, 3.05) is 0 Å². The van der Waals surface area contributed by atoms with Crippen LogP contribution in [0.4, 0.5) is 0 Å². The average Bonchev–Trinajstić information content (AvgIpc) is 3.89. The van der Waals surface area contributed by atoms with E-state index in [9.17, 15) is 14.4 Å². The van der Waals surface area contributed by atoms with Gasteiger partial charge in [-0.15, -0.1) is 8.17 Å². The maximum absolute atomic E-state index is 10.7. The molecule has 0 amide bonds. The molecule has 9 aliphatic rings. The van der Waals surface area contributed by atoms with E-state index in [1.807, 2.05) is 0 Å². The molecule has 4 aliphatic carbocycles. The normalized spacial score (nSPS) is 44.7. The molecule has 1 aromatic rings. The summed E-state index contributed by atoms with van der Waals surface area (Å²) in [4.78, 5) is 33.4. The van der Waals surface area contributed by atoms with Crippen molar-refractivity contribution in [2.24, 2.45) is 47.3 Å². The fraction of sp³-hybridized carbons (Fsp3) is 0.914. The number of hydrogen-bond donors (Lipinski definition) is 9. The van der Waals surface area contributed by atoms with Crippen molar-refractivity contribution in [1.29, 1.82) is 0 Å². The van der Waals surface area contributed by atoms with Gasteiger partial charge in [-0.2, -0.15) is 0 Å². The molecule has 8 unspecified atom stereocenters. The van der Waals surface area contributed by atoms with Gasteiger partial charge < -0.3 is 4.28 Å². The Morgan fingerprint density at radius 3 is 0.704 bits per heavy atom. The Morgan fingerprint density at radius 2 is 0.537 bits per heavy atom. The first-order chi connectivity index (χ1) is 24.8. The zero-order chi connectivity index (χ0) is 34.8. The van der Waals surface area contributed by atoms with Crippen LogP contribution in [-0.4, -0.2) is 62.5 Å². The van der Waals surface area contributed by atoms with Crippen LogP contribution in [0, 0.1) is 47.3 Å². The van der Waals surface area contributed by atoms with Crippen molar-refractivity contribution in [3.63, 3.8) is 0 Å². The van der Waals surface area contributed by atoms with Crippen LogP contribution in [0.5, 0.6) is 0 Å². The van der Waals surface area contributed by atoms with Crippen LogP contribution in [0.3, 0.4) is 0 Å². The van der Waals surface area contributed by atoms with E-state index < -0.39 is 17.1 Å². The Balaban J connectivity index is 0.000000452. The molecule has 0 aromatic carbocycles. The molecule has 6 heterocycles. The van der Waals surface area contributed by atoms with Crippen molar-refractivity contribution in [2.45, 2.75) is 152 Å². The van der Waals surface area contributed by atoms with Crippen molar-refractivity contribution in [1.82, 2.24) is 55.7 Å². The minimum absolute atomic E-state index is 0. The van der Waals surface area contributed by atoms with Gasteiger partial charge in [0.1, 0.15) is 0 Å². The molecule has 10 rings (SSSR count). The van der Waals surface area contributed by atoms with Crippen molar-refractivity contribution in [3.05, 3.63) is 31.5 Å². The third-order valence-corrected chi connectivity index (χ3v) is 15.3. The van der Waals surface area contributed by atoms with E-state index in [1.54, 1.807) is 4.98 Å². The van der Waals surface area contributed by atoms with Gasteiger partial charge in [-0.05, 0) is 98.7 Å².